The van der Waals surface area contributed by atoms with Gasteiger partial charge < -0.3 is 5.32 Å². The van der Waals surface area contributed by atoms with Gasteiger partial charge in [-0.3, -0.25) is 0 Å². The molecule has 1 N–H and O–H groups in total. The van der Waals surface area contributed by atoms with Crippen LogP contribution in [-0.4, -0.2) is 24.6 Å². The standard InChI is InChI=1S/C12H17ClFNS/c1-3-16-8-10(15-2)6-9-4-5-11(13)12(14)7-9/h4-5,7,10,15H,3,6,8H2,1-2H3. The lowest BCUT2D eigenvalue weighted by Crippen LogP contribution is -2.30. The van der Waals surface area contributed by atoms with Crippen LogP contribution in [0.5, 0.6) is 0 Å². The molecule has 0 saturated carbocycles. The lowest BCUT2D eigenvalue weighted by molar-refractivity contribution is 0.603. The van der Waals surface area contributed by atoms with Gasteiger partial charge in [0.1, 0.15) is 5.82 Å². The second-order valence-corrected chi connectivity index (χ2v) is 5.32. The molecule has 0 saturated heterocycles. The number of thioether (sulfide) groups is 1. The third-order valence-electron chi connectivity index (χ3n) is 2.40. The summed E-state index contributed by atoms with van der Waals surface area (Å²) >= 11 is 7.53. The minimum atomic E-state index is -0.336. The number of hydrogen-bond donors (Lipinski definition) is 1. The van der Waals surface area contributed by atoms with Crippen LogP contribution in [0.1, 0.15) is 12.5 Å². The maximum Gasteiger partial charge on any atom is 0.142 e. The van der Waals surface area contributed by atoms with E-state index in [1.165, 1.54) is 6.07 Å². The molecule has 0 bridgehead atoms. The van der Waals surface area contributed by atoms with Crippen LogP contribution in [0, 0.1) is 5.82 Å². The van der Waals surface area contributed by atoms with Gasteiger partial charge in [-0.25, -0.2) is 4.39 Å². The predicted octanol–water partition coefficient (Wildman–Crippen LogP) is 3.36. The fourth-order valence-corrected chi connectivity index (χ4v) is 2.38. The molecule has 1 rings (SSSR count). The van der Waals surface area contributed by atoms with Gasteiger partial charge in [0.25, 0.3) is 0 Å². The van der Waals surface area contributed by atoms with E-state index < -0.39 is 0 Å². The Morgan fingerprint density at radius 3 is 2.81 bits per heavy atom. The van der Waals surface area contributed by atoms with E-state index in [0.29, 0.717) is 6.04 Å². The zero-order valence-electron chi connectivity index (χ0n) is 9.59. The highest BCUT2D eigenvalue weighted by Crippen LogP contribution is 2.17. The van der Waals surface area contributed by atoms with Crippen LogP contribution in [0.4, 0.5) is 4.39 Å². The van der Waals surface area contributed by atoms with Gasteiger partial charge in [0.15, 0.2) is 0 Å². The summed E-state index contributed by atoms with van der Waals surface area (Å²) in [6.07, 6.45) is 0.831. The third kappa shape index (κ3) is 4.32. The molecule has 0 aromatic heterocycles. The molecule has 0 amide bonds. The predicted molar refractivity (Wildman–Crippen MR) is 71.0 cm³/mol. The summed E-state index contributed by atoms with van der Waals surface area (Å²) in [6.45, 7) is 2.14. The zero-order valence-corrected chi connectivity index (χ0v) is 11.2. The minimum absolute atomic E-state index is 0.188. The van der Waals surface area contributed by atoms with Gasteiger partial charge in [-0.05, 0) is 36.9 Å². The smallest absolute Gasteiger partial charge is 0.142 e. The van der Waals surface area contributed by atoms with Gasteiger partial charge in [0, 0.05) is 11.8 Å². The highest BCUT2D eigenvalue weighted by molar-refractivity contribution is 7.99. The van der Waals surface area contributed by atoms with Crippen LogP contribution in [0.25, 0.3) is 0 Å². The van der Waals surface area contributed by atoms with Gasteiger partial charge in [-0.1, -0.05) is 24.6 Å². The van der Waals surface area contributed by atoms with Crippen molar-refractivity contribution in [3.8, 4) is 0 Å². The fraction of sp³-hybridized carbons (Fsp3) is 0.500. The summed E-state index contributed by atoms with van der Waals surface area (Å²) in [4.78, 5) is 0. The third-order valence-corrected chi connectivity index (χ3v) is 3.75. The van der Waals surface area contributed by atoms with Crippen molar-refractivity contribution >= 4 is 23.4 Å². The van der Waals surface area contributed by atoms with Crippen LogP contribution < -0.4 is 5.32 Å². The second-order valence-electron chi connectivity index (χ2n) is 3.60. The molecule has 0 aliphatic rings. The molecule has 0 aliphatic carbocycles. The Morgan fingerprint density at radius 2 is 2.25 bits per heavy atom. The van der Waals surface area contributed by atoms with Crippen LogP contribution >= 0.6 is 23.4 Å². The Labute approximate surface area is 106 Å². The van der Waals surface area contributed by atoms with Crippen molar-refractivity contribution in [3.05, 3.63) is 34.6 Å². The molecule has 90 valence electrons. The molecule has 0 fully saturated rings. The quantitative estimate of drug-likeness (QED) is 0.843. The van der Waals surface area contributed by atoms with Crippen molar-refractivity contribution in [2.24, 2.45) is 0 Å². The van der Waals surface area contributed by atoms with Crippen molar-refractivity contribution in [1.82, 2.24) is 5.32 Å². The first-order chi connectivity index (χ1) is 7.67. The first-order valence-corrected chi connectivity index (χ1v) is 6.89. The molecule has 16 heavy (non-hydrogen) atoms. The SMILES string of the molecule is CCSCC(Cc1ccc(Cl)c(F)c1)NC. The summed E-state index contributed by atoms with van der Waals surface area (Å²) in [6, 6.07) is 5.40. The maximum atomic E-state index is 13.2. The summed E-state index contributed by atoms with van der Waals surface area (Å²) in [5.41, 5.74) is 0.984. The first-order valence-electron chi connectivity index (χ1n) is 5.36. The molecule has 1 nitrogen and oxygen atoms in total. The van der Waals surface area contributed by atoms with Gasteiger partial charge in [0.2, 0.25) is 0 Å². The van der Waals surface area contributed by atoms with E-state index in [1.54, 1.807) is 6.07 Å². The van der Waals surface area contributed by atoms with E-state index in [-0.39, 0.29) is 10.8 Å². The lowest BCUT2D eigenvalue weighted by atomic mass is 10.1. The second kappa shape index (κ2) is 7.15. The molecule has 1 aromatic carbocycles. The molecule has 0 radical (unpaired) electrons. The van der Waals surface area contributed by atoms with E-state index in [1.807, 2.05) is 24.9 Å². The molecule has 1 unspecified atom stereocenters. The number of halogens is 2. The summed E-state index contributed by atoms with van der Waals surface area (Å²) in [5, 5.41) is 3.43. The average molecular weight is 262 g/mol. The van der Waals surface area contributed by atoms with Crippen LogP contribution in [0.2, 0.25) is 5.02 Å². The molecule has 4 heteroatoms. The van der Waals surface area contributed by atoms with E-state index in [4.69, 9.17) is 11.6 Å². The van der Waals surface area contributed by atoms with Gasteiger partial charge >= 0.3 is 0 Å². The maximum absolute atomic E-state index is 13.2. The Morgan fingerprint density at radius 1 is 1.50 bits per heavy atom. The minimum Gasteiger partial charge on any atom is -0.316 e. The molecule has 0 aliphatic heterocycles. The molecular formula is C12H17ClFNS. The van der Waals surface area contributed by atoms with Crippen molar-refractivity contribution < 1.29 is 4.39 Å². The topological polar surface area (TPSA) is 12.0 Å². The lowest BCUT2D eigenvalue weighted by Gasteiger charge is -2.15. The number of benzene rings is 1. The van der Waals surface area contributed by atoms with Gasteiger partial charge in [-0.2, -0.15) is 11.8 Å². The van der Waals surface area contributed by atoms with Gasteiger partial charge in [-0.15, -0.1) is 0 Å². The summed E-state index contributed by atoms with van der Waals surface area (Å²) < 4.78 is 13.2. The molecular weight excluding hydrogens is 245 g/mol. The number of likely N-dealkylation sites (N-methyl/N-ethyl adjacent to an activating group) is 1. The Kier molecular flexibility index (Phi) is 6.17. The van der Waals surface area contributed by atoms with Crippen molar-refractivity contribution in [2.45, 2.75) is 19.4 Å². The van der Waals surface area contributed by atoms with Crippen LogP contribution in [0.3, 0.4) is 0 Å². The molecule has 0 spiro atoms. The van der Waals surface area contributed by atoms with E-state index >= 15 is 0 Å². The highest BCUT2D eigenvalue weighted by Gasteiger charge is 2.08. The van der Waals surface area contributed by atoms with Gasteiger partial charge in [0.05, 0.1) is 5.02 Å². The zero-order chi connectivity index (χ0) is 12.0. The Hall–Kier alpha value is -0.250. The van der Waals surface area contributed by atoms with Crippen LogP contribution in [0.15, 0.2) is 18.2 Å². The first kappa shape index (κ1) is 13.8. The van der Waals surface area contributed by atoms with Crippen LogP contribution in [-0.2, 0) is 6.42 Å². The van der Waals surface area contributed by atoms with E-state index in [9.17, 15) is 4.39 Å². The number of rotatable bonds is 6. The van der Waals surface area contributed by atoms with E-state index in [0.717, 1.165) is 23.5 Å². The van der Waals surface area contributed by atoms with E-state index in [2.05, 4.69) is 12.2 Å². The molecule has 1 atom stereocenters. The van der Waals surface area contributed by atoms with Crippen molar-refractivity contribution in [1.29, 1.82) is 0 Å². The largest absolute Gasteiger partial charge is 0.316 e. The summed E-state index contributed by atoms with van der Waals surface area (Å²) in [5.74, 6) is 1.81. The van der Waals surface area contributed by atoms with Crippen molar-refractivity contribution in [3.63, 3.8) is 0 Å². The molecule has 0 heterocycles. The number of nitrogens with one attached hydrogen (secondary N) is 1. The van der Waals surface area contributed by atoms with Crippen molar-refractivity contribution in [2.75, 3.05) is 18.6 Å². The normalized spacial score (nSPS) is 12.8. The number of hydrogen-bond acceptors (Lipinski definition) is 2. The Bertz CT molecular complexity index is 333. The highest BCUT2D eigenvalue weighted by atomic mass is 35.5. The Balaban J connectivity index is 2.59. The monoisotopic (exact) mass is 261 g/mol. The molecule has 1 aromatic rings. The summed E-state index contributed by atoms with van der Waals surface area (Å²) in [7, 11) is 1.94. The average Bonchev–Trinajstić information content (AvgIpc) is 2.29. The fourth-order valence-electron chi connectivity index (χ4n) is 1.46.